The third-order valence-corrected chi connectivity index (χ3v) is 11.2. The van der Waals surface area contributed by atoms with Gasteiger partial charge in [0.15, 0.2) is 9.84 Å². The van der Waals surface area contributed by atoms with E-state index in [2.05, 4.69) is 15.3 Å². The summed E-state index contributed by atoms with van der Waals surface area (Å²) in [5.41, 5.74) is -0.963. The van der Waals surface area contributed by atoms with Gasteiger partial charge in [-0.25, -0.2) is 23.2 Å². The average Bonchev–Trinajstić information content (AvgIpc) is 2.76. The lowest BCUT2D eigenvalue weighted by Crippen LogP contribution is -2.65. The zero-order valence-corrected chi connectivity index (χ0v) is 23.1. The summed E-state index contributed by atoms with van der Waals surface area (Å²) in [5, 5.41) is 11.3. The molecule has 13 heteroatoms. The molecule has 208 valence electrons. The highest BCUT2D eigenvalue weighted by atomic mass is 35.5. The topological polar surface area (TPSA) is 112 Å². The number of anilines is 2. The summed E-state index contributed by atoms with van der Waals surface area (Å²) in [6.45, 7) is 8.21. The van der Waals surface area contributed by atoms with Gasteiger partial charge >= 0.3 is 12.3 Å². The van der Waals surface area contributed by atoms with Crippen molar-refractivity contribution >= 4 is 39.2 Å². The Balaban J connectivity index is 1.58. The van der Waals surface area contributed by atoms with E-state index in [-0.39, 0.29) is 16.3 Å². The van der Waals surface area contributed by atoms with E-state index in [4.69, 9.17) is 11.6 Å². The van der Waals surface area contributed by atoms with Gasteiger partial charge in [0.05, 0.1) is 9.64 Å². The Bertz CT molecular complexity index is 1360. The Hall–Kier alpha value is -2.60. The number of hydrogen-bond acceptors (Lipinski definition) is 6. The van der Waals surface area contributed by atoms with E-state index in [1.54, 1.807) is 6.92 Å². The maximum Gasteiger partial charge on any atom is 0.420 e. The van der Waals surface area contributed by atoms with Crippen LogP contribution in [0.3, 0.4) is 0 Å². The number of carbonyl (C=O) groups is 1. The van der Waals surface area contributed by atoms with Gasteiger partial charge < -0.3 is 15.3 Å². The molecule has 8 nitrogen and oxygen atoms in total. The Labute approximate surface area is 224 Å². The number of aryl methyl sites for hydroxylation is 1. The molecular formula is C25H30ClF3N4O4S. The van der Waals surface area contributed by atoms with Crippen molar-refractivity contribution in [1.82, 2.24) is 14.9 Å². The Kier molecular flexibility index (Phi) is 6.92. The van der Waals surface area contributed by atoms with Crippen LogP contribution in [0, 0.1) is 17.8 Å². The SMILES string of the molecule is Cc1cc(S(=O)(=O)C2(C(C)(C)C)CC3(CCN(C(=O)O)CC3)C2)ccc1Nc1ncc(C(F)(F)F)c(Cl)n1. The molecule has 1 aromatic carbocycles. The van der Waals surface area contributed by atoms with Crippen LogP contribution < -0.4 is 5.32 Å². The molecule has 2 aromatic rings. The molecule has 0 unspecified atom stereocenters. The number of piperidine rings is 1. The number of aromatic nitrogens is 2. The normalized spacial score (nSPS) is 19.2. The van der Waals surface area contributed by atoms with E-state index in [1.807, 2.05) is 20.8 Å². The number of hydrogen-bond donors (Lipinski definition) is 2. The summed E-state index contributed by atoms with van der Waals surface area (Å²) in [6.07, 6.45) is -2.88. The van der Waals surface area contributed by atoms with Gasteiger partial charge in [0, 0.05) is 25.0 Å². The Morgan fingerprint density at radius 3 is 2.24 bits per heavy atom. The number of halogens is 4. The van der Waals surface area contributed by atoms with Crippen LogP contribution >= 0.6 is 11.6 Å². The highest BCUT2D eigenvalue weighted by Crippen LogP contribution is 2.65. The zero-order valence-electron chi connectivity index (χ0n) is 21.5. The smallest absolute Gasteiger partial charge is 0.420 e. The van der Waals surface area contributed by atoms with Crippen LogP contribution in [-0.4, -0.2) is 52.3 Å². The number of likely N-dealkylation sites (tertiary alicyclic amines) is 1. The number of alkyl halides is 3. The molecule has 1 spiro atoms. The molecule has 1 aliphatic carbocycles. The number of rotatable bonds is 4. The van der Waals surface area contributed by atoms with Crippen LogP contribution in [0.15, 0.2) is 29.3 Å². The van der Waals surface area contributed by atoms with Gasteiger partial charge in [0.1, 0.15) is 10.7 Å². The van der Waals surface area contributed by atoms with Gasteiger partial charge in [0.2, 0.25) is 5.95 Å². The molecule has 1 aliphatic heterocycles. The van der Waals surface area contributed by atoms with Crippen molar-refractivity contribution in [3.05, 3.63) is 40.7 Å². The Morgan fingerprint density at radius 1 is 1.16 bits per heavy atom. The van der Waals surface area contributed by atoms with E-state index >= 15 is 0 Å². The fourth-order valence-electron chi connectivity index (χ4n) is 5.71. The summed E-state index contributed by atoms with van der Waals surface area (Å²) in [5.74, 6) is -0.151. The number of sulfone groups is 1. The minimum atomic E-state index is -4.68. The lowest BCUT2D eigenvalue weighted by atomic mass is 9.51. The lowest BCUT2D eigenvalue weighted by Gasteiger charge is -2.62. The first-order valence-electron chi connectivity index (χ1n) is 12.1. The number of benzene rings is 1. The molecule has 0 radical (unpaired) electrons. The summed E-state index contributed by atoms with van der Waals surface area (Å²) >= 11 is 5.68. The maximum atomic E-state index is 14.1. The number of nitrogens with one attached hydrogen (secondary N) is 1. The van der Waals surface area contributed by atoms with Crippen molar-refractivity contribution < 1.29 is 31.5 Å². The van der Waals surface area contributed by atoms with Crippen LogP contribution in [-0.2, 0) is 16.0 Å². The van der Waals surface area contributed by atoms with E-state index in [9.17, 15) is 31.5 Å². The number of amides is 1. The minimum absolute atomic E-state index is 0.151. The van der Waals surface area contributed by atoms with Gasteiger partial charge in [-0.3, -0.25) is 0 Å². The van der Waals surface area contributed by atoms with Crippen LogP contribution in [0.5, 0.6) is 0 Å². The molecule has 38 heavy (non-hydrogen) atoms. The molecule has 1 saturated heterocycles. The first-order chi connectivity index (χ1) is 17.4. The summed E-state index contributed by atoms with van der Waals surface area (Å²) in [4.78, 5) is 20.2. The van der Waals surface area contributed by atoms with Gasteiger partial charge in [-0.15, -0.1) is 0 Å². The average molecular weight is 575 g/mol. The summed E-state index contributed by atoms with van der Waals surface area (Å²) in [7, 11) is -3.80. The molecule has 0 atom stereocenters. The molecule has 2 fully saturated rings. The van der Waals surface area contributed by atoms with Crippen molar-refractivity contribution in [1.29, 1.82) is 0 Å². The monoisotopic (exact) mass is 574 g/mol. The van der Waals surface area contributed by atoms with E-state index in [0.717, 1.165) is 0 Å². The number of nitrogens with zero attached hydrogens (tertiary/aromatic N) is 3. The van der Waals surface area contributed by atoms with E-state index < -0.39 is 43.0 Å². The molecule has 0 bridgehead atoms. The second-order valence-corrected chi connectivity index (χ2v) is 14.0. The van der Waals surface area contributed by atoms with Crippen LogP contribution in [0.25, 0.3) is 0 Å². The highest BCUT2D eigenvalue weighted by Gasteiger charge is 2.66. The fraction of sp³-hybridized carbons (Fsp3) is 0.560. The van der Waals surface area contributed by atoms with Gasteiger partial charge in [-0.1, -0.05) is 32.4 Å². The van der Waals surface area contributed by atoms with E-state index in [1.165, 1.54) is 23.1 Å². The van der Waals surface area contributed by atoms with Crippen molar-refractivity contribution in [2.75, 3.05) is 18.4 Å². The first kappa shape index (κ1) is 28.4. The highest BCUT2D eigenvalue weighted by molar-refractivity contribution is 7.93. The summed E-state index contributed by atoms with van der Waals surface area (Å²) in [6, 6.07) is 4.55. The minimum Gasteiger partial charge on any atom is -0.465 e. The summed E-state index contributed by atoms with van der Waals surface area (Å²) < 4.78 is 66.0. The van der Waals surface area contributed by atoms with Crippen LogP contribution in [0.4, 0.5) is 29.6 Å². The van der Waals surface area contributed by atoms with Gasteiger partial charge in [0.25, 0.3) is 0 Å². The second-order valence-electron chi connectivity index (χ2n) is 11.4. The van der Waals surface area contributed by atoms with Crippen molar-refractivity contribution in [2.45, 2.75) is 69.2 Å². The third kappa shape index (κ3) is 4.81. The maximum absolute atomic E-state index is 14.1. The molecule has 2 heterocycles. The molecule has 2 aliphatic rings. The predicted octanol–water partition coefficient (Wildman–Crippen LogP) is 6.31. The van der Waals surface area contributed by atoms with E-state index in [0.29, 0.717) is 56.2 Å². The third-order valence-electron chi connectivity index (χ3n) is 8.10. The molecule has 1 saturated carbocycles. The predicted molar refractivity (Wildman–Crippen MR) is 136 cm³/mol. The second kappa shape index (κ2) is 9.25. The molecule has 1 aromatic heterocycles. The molecule has 2 N–H and O–H groups in total. The van der Waals surface area contributed by atoms with Gasteiger partial charge in [-0.05, 0) is 67.2 Å². The first-order valence-corrected chi connectivity index (χ1v) is 14.0. The molecule has 4 rings (SSSR count). The van der Waals surface area contributed by atoms with Crippen LogP contribution in [0.1, 0.15) is 57.6 Å². The van der Waals surface area contributed by atoms with Crippen molar-refractivity contribution in [3.8, 4) is 0 Å². The van der Waals surface area contributed by atoms with Crippen molar-refractivity contribution in [3.63, 3.8) is 0 Å². The largest absolute Gasteiger partial charge is 0.465 e. The quantitative estimate of drug-likeness (QED) is 0.411. The lowest BCUT2D eigenvalue weighted by molar-refractivity contribution is -0.137. The van der Waals surface area contributed by atoms with Crippen molar-refractivity contribution in [2.24, 2.45) is 10.8 Å². The molecule has 1 amide bonds. The standard InChI is InChI=1S/C25H30ClF3N4O4S/c1-15-11-16(5-6-18(15)31-20-30-12-17(19(26)32-20)25(27,28)29)38(36,37)24(22(2,3)4)13-23(14-24)7-9-33(10-8-23)21(34)35/h5-6,11-12H,7-10,13-14H2,1-4H3,(H,34,35)(H,30,31,32). The fourth-order valence-corrected chi connectivity index (χ4v) is 8.77. The van der Waals surface area contributed by atoms with Crippen LogP contribution in [0.2, 0.25) is 5.15 Å². The number of carboxylic acid groups (broad SMARTS) is 1. The Morgan fingerprint density at radius 2 is 1.76 bits per heavy atom. The molecular weight excluding hydrogens is 545 g/mol. The zero-order chi connectivity index (χ0) is 28.3. The van der Waals surface area contributed by atoms with Gasteiger partial charge in [-0.2, -0.15) is 13.2 Å².